The number of halogens is 1. The van der Waals surface area contributed by atoms with E-state index in [1.54, 1.807) is 23.5 Å². The van der Waals surface area contributed by atoms with E-state index in [1.165, 1.54) is 16.7 Å². The van der Waals surface area contributed by atoms with E-state index < -0.39 is 0 Å². The Bertz CT molecular complexity index is 989. The SMILES string of the molecule is CCN(CC(=O)NCc1cccs1)C(=O)CSc1nnc(-c2ccc(Cl)cc2)n1C. The third-order valence-electron chi connectivity index (χ3n) is 4.37. The number of likely N-dealkylation sites (N-methyl/N-ethyl adjacent to an activating group) is 1. The molecule has 0 aliphatic rings. The molecule has 0 atom stereocenters. The van der Waals surface area contributed by atoms with Gasteiger partial charge in [-0.2, -0.15) is 0 Å². The minimum absolute atomic E-state index is 0.0378. The summed E-state index contributed by atoms with van der Waals surface area (Å²) in [5.41, 5.74) is 0.894. The monoisotopic (exact) mass is 463 g/mol. The van der Waals surface area contributed by atoms with Crippen molar-refractivity contribution in [3.05, 3.63) is 51.7 Å². The minimum atomic E-state index is -0.174. The highest BCUT2D eigenvalue weighted by atomic mass is 35.5. The topological polar surface area (TPSA) is 80.1 Å². The molecule has 0 unspecified atom stereocenters. The molecule has 3 aromatic rings. The van der Waals surface area contributed by atoms with Gasteiger partial charge in [-0.15, -0.1) is 21.5 Å². The van der Waals surface area contributed by atoms with Gasteiger partial charge in [-0.05, 0) is 42.6 Å². The van der Waals surface area contributed by atoms with E-state index in [0.29, 0.717) is 29.1 Å². The molecule has 0 fully saturated rings. The number of benzene rings is 1. The van der Waals surface area contributed by atoms with Gasteiger partial charge in [0, 0.05) is 29.1 Å². The molecule has 2 aromatic heterocycles. The van der Waals surface area contributed by atoms with Gasteiger partial charge in [0.05, 0.1) is 18.8 Å². The quantitative estimate of drug-likeness (QED) is 0.491. The molecule has 0 aliphatic heterocycles. The first kappa shape index (κ1) is 22.3. The lowest BCUT2D eigenvalue weighted by Gasteiger charge is -2.20. The molecule has 1 aromatic carbocycles. The van der Waals surface area contributed by atoms with Crippen molar-refractivity contribution in [2.24, 2.45) is 7.05 Å². The maximum Gasteiger partial charge on any atom is 0.239 e. The Morgan fingerprint density at radius 2 is 2.00 bits per heavy atom. The molecule has 0 bridgehead atoms. The van der Waals surface area contributed by atoms with Crippen molar-refractivity contribution in [3.63, 3.8) is 0 Å². The average molecular weight is 464 g/mol. The molecule has 3 rings (SSSR count). The van der Waals surface area contributed by atoms with E-state index in [4.69, 9.17) is 11.6 Å². The Kier molecular flexibility index (Phi) is 7.89. The number of carbonyl (C=O) groups excluding carboxylic acids is 2. The fourth-order valence-electron chi connectivity index (χ4n) is 2.71. The van der Waals surface area contributed by atoms with Crippen LogP contribution in [0.1, 0.15) is 11.8 Å². The zero-order valence-corrected chi connectivity index (χ0v) is 19.1. The number of thioether (sulfide) groups is 1. The third kappa shape index (κ3) is 5.84. The molecule has 2 heterocycles. The van der Waals surface area contributed by atoms with Crippen LogP contribution in [-0.2, 0) is 23.2 Å². The predicted molar refractivity (Wildman–Crippen MR) is 121 cm³/mol. The summed E-state index contributed by atoms with van der Waals surface area (Å²) in [7, 11) is 1.85. The Morgan fingerprint density at radius 1 is 1.23 bits per heavy atom. The van der Waals surface area contributed by atoms with Gasteiger partial charge in [-0.1, -0.05) is 29.4 Å². The van der Waals surface area contributed by atoms with Gasteiger partial charge >= 0.3 is 0 Å². The number of thiophene rings is 1. The summed E-state index contributed by atoms with van der Waals surface area (Å²) < 4.78 is 1.84. The summed E-state index contributed by atoms with van der Waals surface area (Å²) in [5, 5.41) is 14.5. The number of hydrogen-bond donors (Lipinski definition) is 1. The molecule has 30 heavy (non-hydrogen) atoms. The predicted octanol–water partition coefficient (Wildman–Crippen LogP) is 3.45. The van der Waals surface area contributed by atoms with Crippen molar-refractivity contribution in [1.29, 1.82) is 0 Å². The molecule has 0 aliphatic carbocycles. The van der Waals surface area contributed by atoms with Crippen molar-refractivity contribution in [1.82, 2.24) is 25.0 Å². The summed E-state index contributed by atoms with van der Waals surface area (Å²) in [6, 6.07) is 11.2. The maximum atomic E-state index is 12.6. The van der Waals surface area contributed by atoms with Crippen LogP contribution in [0.3, 0.4) is 0 Å². The van der Waals surface area contributed by atoms with Gasteiger partial charge in [-0.3, -0.25) is 9.59 Å². The molecule has 0 radical (unpaired) electrons. The highest BCUT2D eigenvalue weighted by molar-refractivity contribution is 7.99. The highest BCUT2D eigenvalue weighted by Gasteiger charge is 2.18. The normalized spacial score (nSPS) is 10.8. The van der Waals surface area contributed by atoms with Crippen LogP contribution in [0.2, 0.25) is 5.02 Å². The maximum absolute atomic E-state index is 12.6. The van der Waals surface area contributed by atoms with E-state index in [1.807, 2.05) is 48.2 Å². The summed E-state index contributed by atoms with van der Waals surface area (Å²) >= 11 is 8.82. The number of amides is 2. The van der Waals surface area contributed by atoms with Crippen LogP contribution in [0.4, 0.5) is 0 Å². The van der Waals surface area contributed by atoms with Gasteiger partial charge in [-0.25, -0.2) is 0 Å². The highest BCUT2D eigenvalue weighted by Crippen LogP contribution is 2.24. The molecule has 2 amide bonds. The first-order valence-electron chi connectivity index (χ1n) is 9.33. The summed E-state index contributed by atoms with van der Waals surface area (Å²) in [4.78, 5) is 27.4. The molecular weight excluding hydrogens is 442 g/mol. The van der Waals surface area contributed by atoms with Crippen LogP contribution >= 0.6 is 34.7 Å². The first-order valence-corrected chi connectivity index (χ1v) is 11.6. The van der Waals surface area contributed by atoms with Crippen LogP contribution in [0.15, 0.2) is 46.9 Å². The first-order chi connectivity index (χ1) is 14.5. The second kappa shape index (κ2) is 10.6. The van der Waals surface area contributed by atoms with Crippen LogP contribution in [0, 0.1) is 0 Å². The number of nitrogens with one attached hydrogen (secondary N) is 1. The molecule has 7 nitrogen and oxygen atoms in total. The lowest BCUT2D eigenvalue weighted by Crippen LogP contribution is -2.41. The number of aromatic nitrogens is 3. The molecule has 0 saturated heterocycles. The van der Waals surface area contributed by atoms with Crippen molar-refractivity contribution < 1.29 is 9.59 Å². The Labute approximate surface area is 188 Å². The van der Waals surface area contributed by atoms with Crippen LogP contribution < -0.4 is 5.32 Å². The zero-order chi connectivity index (χ0) is 21.5. The molecule has 158 valence electrons. The largest absolute Gasteiger partial charge is 0.350 e. The summed E-state index contributed by atoms with van der Waals surface area (Å²) in [6.07, 6.45) is 0. The molecule has 0 saturated carbocycles. The second-order valence-corrected chi connectivity index (χ2v) is 8.84. The molecule has 10 heteroatoms. The number of rotatable bonds is 9. The average Bonchev–Trinajstić information content (AvgIpc) is 3.39. The van der Waals surface area contributed by atoms with Gasteiger partial charge in [0.15, 0.2) is 11.0 Å². The summed E-state index contributed by atoms with van der Waals surface area (Å²) in [5.74, 6) is 0.581. The number of carbonyl (C=O) groups is 2. The Hall–Kier alpha value is -2.36. The lowest BCUT2D eigenvalue weighted by molar-refractivity contribution is -0.133. The smallest absolute Gasteiger partial charge is 0.239 e. The van der Waals surface area contributed by atoms with Crippen molar-refractivity contribution >= 4 is 46.5 Å². The number of nitrogens with zero attached hydrogens (tertiary/aromatic N) is 4. The molecular formula is C20H22ClN5O2S2. The minimum Gasteiger partial charge on any atom is -0.350 e. The van der Waals surface area contributed by atoms with E-state index in [2.05, 4.69) is 15.5 Å². The van der Waals surface area contributed by atoms with Gasteiger partial charge in [0.25, 0.3) is 0 Å². The van der Waals surface area contributed by atoms with Gasteiger partial charge < -0.3 is 14.8 Å². The number of hydrogen-bond acceptors (Lipinski definition) is 6. The van der Waals surface area contributed by atoms with Gasteiger partial charge in [0.1, 0.15) is 0 Å². The van der Waals surface area contributed by atoms with Crippen LogP contribution in [0.25, 0.3) is 11.4 Å². The van der Waals surface area contributed by atoms with Crippen molar-refractivity contribution in [2.45, 2.75) is 18.6 Å². The van der Waals surface area contributed by atoms with Crippen molar-refractivity contribution in [2.75, 3.05) is 18.8 Å². The molecule has 0 spiro atoms. The fourth-order valence-corrected chi connectivity index (χ4v) is 4.30. The van der Waals surface area contributed by atoms with E-state index in [-0.39, 0.29) is 24.1 Å². The van der Waals surface area contributed by atoms with Crippen LogP contribution in [0.5, 0.6) is 0 Å². The van der Waals surface area contributed by atoms with Gasteiger partial charge in [0.2, 0.25) is 11.8 Å². The van der Waals surface area contributed by atoms with E-state index >= 15 is 0 Å². The second-order valence-electron chi connectivity index (χ2n) is 6.42. The van der Waals surface area contributed by atoms with Crippen molar-refractivity contribution in [3.8, 4) is 11.4 Å². The summed E-state index contributed by atoms with van der Waals surface area (Å²) in [6.45, 7) is 2.83. The third-order valence-corrected chi connectivity index (χ3v) is 6.50. The lowest BCUT2D eigenvalue weighted by atomic mass is 10.2. The fraction of sp³-hybridized carbons (Fsp3) is 0.300. The van der Waals surface area contributed by atoms with Crippen LogP contribution in [-0.4, -0.2) is 50.3 Å². The Morgan fingerprint density at radius 3 is 2.67 bits per heavy atom. The van der Waals surface area contributed by atoms with E-state index in [0.717, 1.165) is 10.4 Å². The molecule has 1 N–H and O–H groups in total. The standard InChI is InChI=1S/C20H22ClN5O2S2/c1-3-26(12-17(27)22-11-16-5-4-10-29-16)18(28)13-30-20-24-23-19(25(20)2)14-6-8-15(21)9-7-14/h4-10H,3,11-13H2,1-2H3,(H,22,27). The Balaban J connectivity index is 1.53. The zero-order valence-electron chi connectivity index (χ0n) is 16.7. The van der Waals surface area contributed by atoms with E-state index in [9.17, 15) is 9.59 Å².